The first kappa shape index (κ1) is 22.6. The van der Waals surface area contributed by atoms with Crippen molar-refractivity contribution in [1.29, 1.82) is 0 Å². The molecule has 0 spiro atoms. The fourth-order valence-electron chi connectivity index (χ4n) is 4.03. The molecular formula is C26H31N5O2. The average molecular weight is 446 g/mol. The van der Waals surface area contributed by atoms with Crippen LogP contribution in [0.1, 0.15) is 54.9 Å². The maximum Gasteiger partial charge on any atom is 0.257 e. The molecule has 0 fully saturated rings. The molecule has 0 aliphatic heterocycles. The van der Waals surface area contributed by atoms with E-state index in [4.69, 9.17) is 20.4 Å². The number of methoxy groups -OCH3 is 1. The van der Waals surface area contributed by atoms with Crippen LogP contribution in [0, 0.1) is 0 Å². The molecule has 4 rings (SSSR count). The number of ether oxygens (including phenoxy) is 1. The number of para-hydroxylation sites is 2. The van der Waals surface area contributed by atoms with Crippen molar-refractivity contribution in [2.24, 2.45) is 0 Å². The second-order valence-corrected chi connectivity index (χ2v) is 8.25. The van der Waals surface area contributed by atoms with Crippen LogP contribution in [0.5, 0.6) is 5.75 Å². The first-order valence-electron chi connectivity index (χ1n) is 11.6. The van der Waals surface area contributed by atoms with Crippen molar-refractivity contribution in [2.45, 2.75) is 45.6 Å². The van der Waals surface area contributed by atoms with Crippen molar-refractivity contribution >= 4 is 33.9 Å². The number of nitrogens with zero attached hydrogens (tertiary/aromatic N) is 3. The van der Waals surface area contributed by atoms with Crippen LogP contribution >= 0.6 is 0 Å². The monoisotopic (exact) mass is 445 g/mol. The minimum Gasteiger partial charge on any atom is -0.497 e. The van der Waals surface area contributed by atoms with E-state index in [-0.39, 0.29) is 5.91 Å². The van der Waals surface area contributed by atoms with Gasteiger partial charge in [-0.1, -0.05) is 56.9 Å². The highest BCUT2D eigenvalue weighted by molar-refractivity contribution is 6.10. The van der Waals surface area contributed by atoms with Crippen molar-refractivity contribution in [1.82, 2.24) is 19.9 Å². The summed E-state index contributed by atoms with van der Waals surface area (Å²) in [4.78, 5) is 22.8. The van der Waals surface area contributed by atoms with Crippen LogP contribution in [-0.4, -0.2) is 34.1 Å². The number of hydrogen-bond acceptors (Lipinski definition) is 5. The molecule has 172 valence electrons. The highest BCUT2D eigenvalue weighted by atomic mass is 16.5. The van der Waals surface area contributed by atoms with E-state index >= 15 is 0 Å². The van der Waals surface area contributed by atoms with E-state index in [2.05, 4.69) is 12.2 Å². The Kier molecular flexibility index (Phi) is 7.07. The highest BCUT2D eigenvalue weighted by Gasteiger charge is 2.24. The number of nitrogen functional groups attached to an aromatic ring is 1. The molecule has 1 amide bonds. The molecule has 2 aromatic heterocycles. The normalized spacial score (nSPS) is 11.2. The lowest BCUT2D eigenvalue weighted by Gasteiger charge is -2.09. The number of carbonyl (C=O) groups excluding carboxylic acids is 1. The van der Waals surface area contributed by atoms with Gasteiger partial charge in [-0.3, -0.25) is 4.79 Å². The van der Waals surface area contributed by atoms with E-state index < -0.39 is 0 Å². The number of nitrogens with one attached hydrogen (secondary N) is 1. The van der Waals surface area contributed by atoms with Gasteiger partial charge in [0.1, 0.15) is 22.6 Å². The Morgan fingerprint density at radius 1 is 1.00 bits per heavy atom. The fraction of sp³-hybridized carbons (Fsp3) is 0.346. The quantitative estimate of drug-likeness (QED) is 0.338. The largest absolute Gasteiger partial charge is 0.497 e. The Morgan fingerprint density at radius 2 is 1.70 bits per heavy atom. The molecule has 2 heterocycles. The van der Waals surface area contributed by atoms with Crippen LogP contribution in [0.2, 0.25) is 0 Å². The third kappa shape index (κ3) is 4.92. The second-order valence-electron chi connectivity index (χ2n) is 8.25. The van der Waals surface area contributed by atoms with Crippen molar-refractivity contribution in [3.63, 3.8) is 0 Å². The predicted octanol–water partition coefficient (Wildman–Crippen LogP) is 4.92. The molecule has 3 N–H and O–H groups in total. The minimum absolute atomic E-state index is 0.203. The molecule has 33 heavy (non-hydrogen) atoms. The lowest BCUT2D eigenvalue weighted by molar-refractivity contribution is 0.0955. The lowest BCUT2D eigenvalue weighted by atomic mass is 10.1. The van der Waals surface area contributed by atoms with Crippen molar-refractivity contribution < 1.29 is 9.53 Å². The number of rotatable bonds is 10. The maximum absolute atomic E-state index is 13.2. The summed E-state index contributed by atoms with van der Waals surface area (Å²) in [6, 6.07) is 15.4. The van der Waals surface area contributed by atoms with E-state index in [0.29, 0.717) is 35.6 Å². The number of aromatic nitrogens is 3. The number of fused-ring (bicyclic) bond motifs is 2. The third-order valence-electron chi connectivity index (χ3n) is 5.88. The smallest absolute Gasteiger partial charge is 0.257 e. The summed E-state index contributed by atoms with van der Waals surface area (Å²) in [6.07, 6.45) is 5.66. The van der Waals surface area contributed by atoms with Gasteiger partial charge < -0.3 is 20.4 Å². The SMILES string of the molecule is CCCCCCCNC(=O)c1c(N)n(Cc2ccc(OC)cc2)c2nc3ccccc3nc12. The fourth-order valence-corrected chi connectivity index (χ4v) is 4.03. The Hall–Kier alpha value is -3.61. The van der Waals surface area contributed by atoms with Gasteiger partial charge in [-0.25, -0.2) is 9.97 Å². The Bertz CT molecular complexity index is 1250. The summed E-state index contributed by atoms with van der Waals surface area (Å²) >= 11 is 0. The van der Waals surface area contributed by atoms with E-state index in [1.165, 1.54) is 19.3 Å². The van der Waals surface area contributed by atoms with Gasteiger partial charge in [0.25, 0.3) is 5.91 Å². The molecule has 4 aromatic rings. The number of carbonyl (C=O) groups is 1. The van der Waals surface area contributed by atoms with E-state index in [1.54, 1.807) is 7.11 Å². The molecule has 7 heteroatoms. The van der Waals surface area contributed by atoms with E-state index in [9.17, 15) is 4.79 Å². The summed E-state index contributed by atoms with van der Waals surface area (Å²) in [5.41, 5.74) is 10.6. The van der Waals surface area contributed by atoms with Crippen LogP contribution < -0.4 is 15.8 Å². The molecule has 0 aliphatic carbocycles. The zero-order chi connectivity index (χ0) is 23.2. The van der Waals surface area contributed by atoms with Crippen molar-refractivity contribution in [2.75, 3.05) is 19.4 Å². The topological polar surface area (TPSA) is 95.1 Å². The average Bonchev–Trinajstić information content (AvgIpc) is 3.10. The zero-order valence-corrected chi connectivity index (χ0v) is 19.3. The molecule has 0 saturated heterocycles. The molecule has 7 nitrogen and oxygen atoms in total. The molecule has 0 bridgehead atoms. The molecule has 0 unspecified atom stereocenters. The van der Waals surface area contributed by atoms with Gasteiger partial charge in [-0.15, -0.1) is 0 Å². The molecule has 0 saturated carbocycles. The minimum atomic E-state index is -0.203. The first-order valence-corrected chi connectivity index (χ1v) is 11.6. The summed E-state index contributed by atoms with van der Waals surface area (Å²) in [5, 5.41) is 3.03. The Balaban J connectivity index is 1.68. The zero-order valence-electron chi connectivity index (χ0n) is 19.3. The summed E-state index contributed by atoms with van der Waals surface area (Å²) in [6.45, 7) is 3.29. The number of nitrogens with two attached hydrogens (primary N) is 1. The number of anilines is 1. The first-order chi connectivity index (χ1) is 16.1. The Morgan fingerprint density at radius 3 is 2.39 bits per heavy atom. The van der Waals surface area contributed by atoms with Crippen LogP contribution in [-0.2, 0) is 6.54 Å². The van der Waals surface area contributed by atoms with Gasteiger partial charge in [0.05, 0.1) is 24.7 Å². The van der Waals surface area contributed by atoms with Crippen LogP contribution in [0.4, 0.5) is 5.82 Å². The second kappa shape index (κ2) is 10.3. The van der Waals surface area contributed by atoms with Gasteiger partial charge in [-0.2, -0.15) is 0 Å². The van der Waals surface area contributed by atoms with E-state index in [1.807, 2.05) is 53.1 Å². The van der Waals surface area contributed by atoms with E-state index in [0.717, 1.165) is 35.2 Å². The summed E-state index contributed by atoms with van der Waals surface area (Å²) in [7, 11) is 1.64. The molecule has 0 atom stereocenters. The Labute approximate surface area is 194 Å². The van der Waals surface area contributed by atoms with Gasteiger partial charge in [0, 0.05) is 6.54 Å². The van der Waals surface area contributed by atoms with Gasteiger partial charge in [0.2, 0.25) is 0 Å². The highest BCUT2D eigenvalue weighted by Crippen LogP contribution is 2.29. The van der Waals surface area contributed by atoms with Crippen LogP contribution in [0.15, 0.2) is 48.5 Å². The lowest BCUT2D eigenvalue weighted by Crippen LogP contribution is -2.25. The predicted molar refractivity (Wildman–Crippen MR) is 133 cm³/mol. The third-order valence-corrected chi connectivity index (χ3v) is 5.88. The van der Waals surface area contributed by atoms with Crippen LogP contribution in [0.3, 0.4) is 0 Å². The van der Waals surface area contributed by atoms with Gasteiger partial charge in [-0.05, 0) is 36.2 Å². The molecule has 0 radical (unpaired) electrons. The van der Waals surface area contributed by atoms with Crippen molar-refractivity contribution in [3.05, 3.63) is 59.7 Å². The number of unbranched alkanes of at least 4 members (excludes halogenated alkanes) is 4. The number of hydrogen-bond donors (Lipinski definition) is 2. The molecule has 2 aromatic carbocycles. The standard InChI is InChI=1S/C26H31N5O2/c1-3-4-5-6-9-16-28-26(32)22-23-25(30-21-11-8-7-10-20(21)29-23)31(24(22)27)17-18-12-14-19(33-2)15-13-18/h7-8,10-15H,3-6,9,16-17,27H2,1-2H3,(H,28,32). The summed E-state index contributed by atoms with van der Waals surface area (Å²) in [5.74, 6) is 0.958. The number of amides is 1. The van der Waals surface area contributed by atoms with Gasteiger partial charge >= 0.3 is 0 Å². The molecule has 0 aliphatic rings. The van der Waals surface area contributed by atoms with Crippen LogP contribution in [0.25, 0.3) is 22.2 Å². The number of benzene rings is 2. The maximum atomic E-state index is 13.2. The molecular weight excluding hydrogens is 414 g/mol. The van der Waals surface area contributed by atoms with Crippen molar-refractivity contribution in [3.8, 4) is 5.75 Å². The summed E-state index contributed by atoms with van der Waals surface area (Å²) < 4.78 is 7.13. The van der Waals surface area contributed by atoms with Gasteiger partial charge in [0.15, 0.2) is 5.65 Å².